The molecule has 0 spiro atoms. The highest BCUT2D eigenvalue weighted by atomic mass is 32.1. The van der Waals surface area contributed by atoms with E-state index in [2.05, 4.69) is 5.32 Å². The molecular weight excluding hydrogens is 372 g/mol. The number of rotatable bonds is 4. The number of hydrogen-bond donors (Lipinski definition) is 1. The van der Waals surface area contributed by atoms with Crippen molar-refractivity contribution in [3.8, 4) is 0 Å². The highest BCUT2D eigenvalue weighted by Crippen LogP contribution is 2.37. The van der Waals surface area contributed by atoms with E-state index in [1.165, 1.54) is 11.3 Å². The van der Waals surface area contributed by atoms with Crippen LogP contribution in [0.4, 0.5) is 5.00 Å². The highest BCUT2D eigenvalue weighted by Gasteiger charge is 2.34. The number of nitrogens with one attached hydrogen (secondary N) is 1. The summed E-state index contributed by atoms with van der Waals surface area (Å²) in [4.78, 5) is 28.7. The largest absolute Gasteiger partial charge is 0.367 e. The fourth-order valence-corrected chi connectivity index (χ4v) is 4.71. The summed E-state index contributed by atoms with van der Waals surface area (Å²) in [6.45, 7) is 7.02. The van der Waals surface area contributed by atoms with E-state index in [1.54, 1.807) is 0 Å². The van der Waals surface area contributed by atoms with Crippen molar-refractivity contribution in [1.29, 1.82) is 0 Å². The van der Waals surface area contributed by atoms with Crippen molar-refractivity contribution in [3.63, 3.8) is 0 Å². The summed E-state index contributed by atoms with van der Waals surface area (Å²) in [6, 6.07) is 10.0. The summed E-state index contributed by atoms with van der Waals surface area (Å²) in [6.07, 6.45) is 1.70. The summed E-state index contributed by atoms with van der Waals surface area (Å²) in [7, 11) is 0. The molecule has 148 valence electrons. The molecule has 1 aromatic heterocycles. The molecule has 6 heteroatoms. The molecule has 2 heterocycles. The first-order valence-electron chi connectivity index (χ1n) is 9.84. The van der Waals surface area contributed by atoms with Crippen LogP contribution in [0.2, 0.25) is 0 Å². The van der Waals surface area contributed by atoms with E-state index < -0.39 is 0 Å². The van der Waals surface area contributed by atoms with Gasteiger partial charge in [-0.3, -0.25) is 9.59 Å². The topological polar surface area (TPSA) is 58.6 Å². The first-order chi connectivity index (χ1) is 13.4. The first-order valence-corrected chi connectivity index (χ1v) is 10.7. The van der Waals surface area contributed by atoms with Gasteiger partial charge < -0.3 is 15.0 Å². The number of hydrogen-bond acceptors (Lipinski definition) is 4. The van der Waals surface area contributed by atoms with Crippen LogP contribution in [0, 0.1) is 19.8 Å². The summed E-state index contributed by atoms with van der Waals surface area (Å²) >= 11 is 1.49. The van der Waals surface area contributed by atoms with Crippen molar-refractivity contribution in [2.24, 2.45) is 5.92 Å². The van der Waals surface area contributed by atoms with Crippen molar-refractivity contribution < 1.29 is 14.3 Å². The summed E-state index contributed by atoms with van der Waals surface area (Å²) in [5.74, 6) is 0.119. The van der Waals surface area contributed by atoms with Crippen molar-refractivity contribution in [2.45, 2.75) is 45.8 Å². The Morgan fingerprint density at radius 1 is 1.14 bits per heavy atom. The Labute approximate surface area is 169 Å². The average molecular weight is 399 g/mol. The predicted octanol–water partition coefficient (Wildman–Crippen LogP) is 4.32. The molecule has 1 N–H and O–H groups in total. The number of nitrogens with zero attached hydrogens (tertiary/aromatic N) is 1. The third-order valence-electron chi connectivity index (χ3n) is 5.50. The molecule has 1 aromatic carbocycles. The van der Waals surface area contributed by atoms with Gasteiger partial charge in [0.05, 0.1) is 18.2 Å². The van der Waals surface area contributed by atoms with Crippen LogP contribution in [-0.4, -0.2) is 35.9 Å². The Bertz CT molecular complexity index is 889. The van der Waals surface area contributed by atoms with E-state index in [0.717, 1.165) is 28.8 Å². The molecule has 2 aliphatic rings. The number of ether oxygens (including phenoxy) is 1. The lowest BCUT2D eigenvalue weighted by Gasteiger charge is -2.37. The number of carbonyl (C=O) groups is 2. The van der Waals surface area contributed by atoms with Crippen LogP contribution in [0.5, 0.6) is 0 Å². The minimum absolute atomic E-state index is 0.0240. The predicted molar refractivity (Wildman–Crippen MR) is 111 cm³/mol. The summed E-state index contributed by atoms with van der Waals surface area (Å²) in [5.41, 5.74) is 2.67. The van der Waals surface area contributed by atoms with Crippen LogP contribution >= 0.6 is 11.3 Å². The van der Waals surface area contributed by atoms with Gasteiger partial charge in [0.25, 0.3) is 5.91 Å². The molecule has 2 aromatic rings. The van der Waals surface area contributed by atoms with Crippen molar-refractivity contribution in [3.05, 3.63) is 51.9 Å². The van der Waals surface area contributed by atoms with Gasteiger partial charge in [-0.15, -0.1) is 11.3 Å². The van der Waals surface area contributed by atoms with Gasteiger partial charge >= 0.3 is 0 Å². The Hall–Kier alpha value is -2.18. The molecule has 2 fully saturated rings. The second-order valence-electron chi connectivity index (χ2n) is 7.81. The van der Waals surface area contributed by atoms with Gasteiger partial charge in [0.15, 0.2) is 0 Å². The van der Waals surface area contributed by atoms with Crippen LogP contribution in [0.1, 0.15) is 52.2 Å². The van der Waals surface area contributed by atoms with Crippen LogP contribution < -0.4 is 5.32 Å². The molecule has 1 aliphatic carbocycles. The Morgan fingerprint density at radius 3 is 2.54 bits per heavy atom. The smallest absolute Gasteiger partial charge is 0.257 e. The van der Waals surface area contributed by atoms with Gasteiger partial charge in [0, 0.05) is 17.3 Å². The number of amides is 2. The van der Waals surface area contributed by atoms with E-state index in [1.807, 2.05) is 56.0 Å². The zero-order chi connectivity index (χ0) is 19.8. The highest BCUT2D eigenvalue weighted by molar-refractivity contribution is 7.16. The monoisotopic (exact) mass is 398 g/mol. The molecule has 1 saturated heterocycles. The molecule has 0 bridgehead atoms. The SMILES string of the molecule is Cc1sc(NC(=O)C2CC2)c(C(=O)N2C[C@@H](c3ccccc3)O[C@@H](C)C2)c1C. The molecule has 5 nitrogen and oxygen atoms in total. The standard InChI is InChI=1S/C22H26N2O3S/c1-13-11-24(12-18(27-13)16-7-5-4-6-8-16)22(26)19-14(2)15(3)28-21(19)23-20(25)17-9-10-17/h4-8,13,17-18H,9-12H2,1-3H3,(H,23,25)/t13-,18-/m0/s1. The lowest BCUT2D eigenvalue weighted by Crippen LogP contribution is -2.46. The summed E-state index contributed by atoms with van der Waals surface area (Å²) in [5, 5.41) is 3.70. The number of thiophene rings is 1. The van der Waals surface area contributed by atoms with Crippen LogP contribution in [-0.2, 0) is 9.53 Å². The molecule has 2 atom stereocenters. The Kier molecular flexibility index (Phi) is 5.25. The van der Waals surface area contributed by atoms with Crippen molar-refractivity contribution in [2.75, 3.05) is 18.4 Å². The van der Waals surface area contributed by atoms with Crippen LogP contribution in [0.3, 0.4) is 0 Å². The van der Waals surface area contributed by atoms with E-state index in [9.17, 15) is 9.59 Å². The van der Waals surface area contributed by atoms with Gasteiger partial charge in [0.2, 0.25) is 5.91 Å². The number of morpholine rings is 1. The van der Waals surface area contributed by atoms with E-state index in [-0.39, 0.29) is 29.9 Å². The zero-order valence-electron chi connectivity index (χ0n) is 16.5. The lowest BCUT2D eigenvalue weighted by molar-refractivity contribution is -0.117. The van der Waals surface area contributed by atoms with Crippen molar-refractivity contribution >= 4 is 28.2 Å². The maximum absolute atomic E-state index is 13.5. The number of carbonyl (C=O) groups excluding carboxylic acids is 2. The van der Waals surface area contributed by atoms with Gasteiger partial charge in [0.1, 0.15) is 11.1 Å². The second kappa shape index (κ2) is 7.68. The Balaban J connectivity index is 1.58. The van der Waals surface area contributed by atoms with E-state index in [4.69, 9.17) is 4.74 Å². The molecule has 0 radical (unpaired) electrons. The third-order valence-corrected chi connectivity index (χ3v) is 6.63. The van der Waals surface area contributed by atoms with Gasteiger partial charge in [-0.05, 0) is 44.7 Å². The number of aryl methyl sites for hydroxylation is 1. The molecule has 28 heavy (non-hydrogen) atoms. The third kappa shape index (κ3) is 3.84. The fourth-order valence-electron chi connectivity index (χ4n) is 3.66. The molecule has 4 rings (SSSR count). The zero-order valence-corrected chi connectivity index (χ0v) is 17.3. The molecule has 1 aliphatic heterocycles. The molecule has 2 amide bonds. The quantitative estimate of drug-likeness (QED) is 0.835. The Morgan fingerprint density at radius 2 is 1.86 bits per heavy atom. The maximum atomic E-state index is 13.5. The number of benzene rings is 1. The van der Waals surface area contributed by atoms with Crippen molar-refractivity contribution in [1.82, 2.24) is 4.90 Å². The molecule has 0 unspecified atom stereocenters. The van der Waals surface area contributed by atoms with E-state index in [0.29, 0.717) is 23.7 Å². The minimum atomic E-state index is -0.140. The molecule has 1 saturated carbocycles. The molecular formula is C22H26N2O3S. The normalized spacial score (nSPS) is 22.2. The fraction of sp³-hybridized carbons (Fsp3) is 0.455. The van der Waals surface area contributed by atoms with Gasteiger partial charge in [-0.25, -0.2) is 0 Å². The second-order valence-corrected chi connectivity index (χ2v) is 9.03. The average Bonchev–Trinajstić information content (AvgIpc) is 3.49. The van der Waals surface area contributed by atoms with E-state index >= 15 is 0 Å². The van der Waals surface area contributed by atoms with Crippen LogP contribution in [0.15, 0.2) is 30.3 Å². The van der Waals surface area contributed by atoms with Crippen LogP contribution in [0.25, 0.3) is 0 Å². The van der Waals surface area contributed by atoms with Gasteiger partial charge in [-0.1, -0.05) is 30.3 Å². The lowest BCUT2D eigenvalue weighted by atomic mass is 10.0. The minimum Gasteiger partial charge on any atom is -0.367 e. The first kappa shape index (κ1) is 19.2. The number of anilines is 1. The van der Waals surface area contributed by atoms with Gasteiger partial charge in [-0.2, -0.15) is 0 Å². The maximum Gasteiger partial charge on any atom is 0.257 e. The summed E-state index contributed by atoms with van der Waals surface area (Å²) < 4.78 is 6.10.